The second-order valence-corrected chi connectivity index (χ2v) is 8.18. The molecule has 2 rings (SSSR count). The van der Waals surface area contributed by atoms with Crippen molar-refractivity contribution in [2.45, 2.75) is 49.4 Å². The largest absolute Gasteiger partial charge is 0.392 e. The summed E-state index contributed by atoms with van der Waals surface area (Å²) in [7, 11) is -3.69. The number of aliphatic hydroxyl groups is 1. The van der Waals surface area contributed by atoms with E-state index in [1.54, 1.807) is 0 Å². The van der Waals surface area contributed by atoms with E-state index in [9.17, 15) is 17.9 Å². The molecule has 1 aliphatic rings. The zero-order chi connectivity index (χ0) is 14.3. The van der Waals surface area contributed by atoms with Crippen LogP contribution < -0.4 is 0 Å². The lowest BCUT2D eigenvalue weighted by molar-refractivity contribution is 0.0835. The van der Waals surface area contributed by atoms with Crippen LogP contribution in [0.25, 0.3) is 0 Å². The van der Waals surface area contributed by atoms with E-state index in [4.69, 9.17) is 0 Å². The van der Waals surface area contributed by atoms with Crippen LogP contribution in [0.2, 0.25) is 0 Å². The van der Waals surface area contributed by atoms with Crippen molar-refractivity contribution in [3.63, 3.8) is 0 Å². The number of sulfone groups is 1. The van der Waals surface area contributed by atoms with Crippen molar-refractivity contribution in [1.29, 1.82) is 0 Å². The molecule has 106 valence electrons. The number of hydrogen-bond donors (Lipinski definition) is 1. The summed E-state index contributed by atoms with van der Waals surface area (Å²) in [6, 6.07) is 4.99. The third-order valence-corrected chi connectivity index (χ3v) is 6.01. The van der Waals surface area contributed by atoms with Gasteiger partial charge in [-0.1, -0.05) is 19.9 Å². The molecular formula is C14H19FO3S. The van der Waals surface area contributed by atoms with Crippen LogP contribution in [-0.4, -0.2) is 24.9 Å². The SMILES string of the molecule is CC1(C)CCC(O)C(S(=O)(=O)c2cccc(F)c2)C1. The molecule has 1 aliphatic carbocycles. The minimum absolute atomic E-state index is 0.0470. The van der Waals surface area contributed by atoms with Gasteiger partial charge in [-0.25, -0.2) is 12.8 Å². The van der Waals surface area contributed by atoms with E-state index in [-0.39, 0.29) is 10.3 Å². The van der Waals surface area contributed by atoms with Crippen molar-refractivity contribution >= 4 is 9.84 Å². The summed E-state index contributed by atoms with van der Waals surface area (Å²) in [6.07, 6.45) is 0.782. The second-order valence-electron chi connectivity index (χ2n) is 6.02. The summed E-state index contributed by atoms with van der Waals surface area (Å²) in [6.45, 7) is 3.99. The van der Waals surface area contributed by atoms with Gasteiger partial charge in [0.15, 0.2) is 9.84 Å². The molecule has 3 nitrogen and oxygen atoms in total. The Morgan fingerprint density at radius 1 is 1.37 bits per heavy atom. The van der Waals surface area contributed by atoms with Gasteiger partial charge in [-0.2, -0.15) is 0 Å². The van der Waals surface area contributed by atoms with Gasteiger partial charge >= 0.3 is 0 Å². The summed E-state index contributed by atoms with van der Waals surface area (Å²) in [5, 5.41) is 9.15. The highest BCUT2D eigenvalue weighted by Gasteiger charge is 2.42. The number of aliphatic hydroxyl groups excluding tert-OH is 1. The van der Waals surface area contributed by atoms with E-state index >= 15 is 0 Å². The lowest BCUT2D eigenvalue weighted by Gasteiger charge is -2.38. The molecule has 2 unspecified atom stereocenters. The molecule has 0 aliphatic heterocycles. The molecule has 1 aromatic rings. The summed E-state index contributed by atoms with van der Waals surface area (Å²) >= 11 is 0. The van der Waals surface area contributed by atoms with Crippen molar-refractivity contribution in [2.75, 3.05) is 0 Å². The summed E-state index contributed by atoms with van der Waals surface area (Å²) in [5.74, 6) is -0.578. The molecule has 5 heteroatoms. The van der Waals surface area contributed by atoms with E-state index in [0.717, 1.165) is 12.5 Å². The lowest BCUT2D eigenvalue weighted by atomic mass is 9.76. The molecule has 1 fully saturated rings. The highest BCUT2D eigenvalue weighted by molar-refractivity contribution is 7.92. The quantitative estimate of drug-likeness (QED) is 0.909. The summed E-state index contributed by atoms with van der Waals surface area (Å²) in [5.41, 5.74) is -0.121. The fourth-order valence-electron chi connectivity index (χ4n) is 2.64. The topological polar surface area (TPSA) is 54.4 Å². The van der Waals surface area contributed by atoms with Crippen LogP contribution >= 0.6 is 0 Å². The van der Waals surface area contributed by atoms with E-state index in [1.165, 1.54) is 18.2 Å². The van der Waals surface area contributed by atoms with Gasteiger partial charge in [0.2, 0.25) is 0 Å². The van der Waals surface area contributed by atoms with Crippen molar-refractivity contribution in [3.8, 4) is 0 Å². The first-order valence-corrected chi connectivity index (χ1v) is 7.94. The maximum Gasteiger partial charge on any atom is 0.183 e. The first kappa shape index (κ1) is 14.5. The number of halogens is 1. The minimum atomic E-state index is -3.69. The number of hydrogen-bond acceptors (Lipinski definition) is 3. The molecule has 0 bridgehead atoms. The first-order valence-electron chi connectivity index (χ1n) is 6.40. The third-order valence-electron chi connectivity index (χ3n) is 3.82. The van der Waals surface area contributed by atoms with Gasteiger partial charge in [-0.3, -0.25) is 0 Å². The molecule has 0 aromatic heterocycles. The zero-order valence-corrected chi connectivity index (χ0v) is 12.0. The summed E-state index contributed by atoms with van der Waals surface area (Å²) < 4.78 is 38.2. The van der Waals surface area contributed by atoms with Gasteiger partial charge in [0.1, 0.15) is 5.82 Å². The minimum Gasteiger partial charge on any atom is -0.392 e. The zero-order valence-electron chi connectivity index (χ0n) is 11.1. The van der Waals surface area contributed by atoms with Crippen LogP contribution in [0.5, 0.6) is 0 Å². The highest BCUT2D eigenvalue weighted by atomic mass is 32.2. The maximum absolute atomic E-state index is 13.2. The van der Waals surface area contributed by atoms with Crippen molar-refractivity contribution in [1.82, 2.24) is 0 Å². The Morgan fingerprint density at radius 3 is 2.68 bits per heavy atom. The molecule has 0 saturated heterocycles. The van der Waals surface area contributed by atoms with Crippen LogP contribution in [0.4, 0.5) is 4.39 Å². The molecule has 0 radical (unpaired) electrons. The van der Waals surface area contributed by atoms with Gasteiger partial charge in [-0.05, 0) is 42.9 Å². The Kier molecular flexibility index (Phi) is 3.71. The monoisotopic (exact) mass is 286 g/mol. The number of benzene rings is 1. The van der Waals surface area contributed by atoms with Gasteiger partial charge < -0.3 is 5.11 Å². The first-order chi connectivity index (χ1) is 8.72. The van der Waals surface area contributed by atoms with Crippen LogP contribution in [0.1, 0.15) is 33.1 Å². The fraction of sp³-hybridized carbons (Fsp3) is 0.571. The molecular weight excluding hydrogens is 267 g/mol. The van der Waals surface area contributed by atoms with E-state index in [0.29, 0.717) is 12.8 Å². The molecule has 0 heterocycles. The van der Waals surface area contributed by atoms with E-state index in [1.807, 2.05) is 13.8 Å². The van der Waals surface area contributed by atoms with E-state index in [2.05, 4.69) is 0 Å². The predicted octanol–water partition coefficient (Wildman–Crippen LogP) is 2.54. The van der Waals surface area contributed by atoms with Gasteiger partial charge in [0, 0.05) is 0 Å². The molecule has 0 amide bonds. The van der Waals surface area contributed by atoms with Crippen molar-refractivity contribution in [3.05, 3.63) is 30.1 Å². The fourth-order valence-corrected chi connectivity index (χ4v) is 4.76. The Morgan fingerprint density at radius 2 is 2.05 bits per heavy atom. The normalized spacial score (nSPS) is 27.2. The molecule has 19 heavy (non-hydrogen) atoms. The van der Waals surface area contributed by atoms with Crippen LogP contribution in [0.3, 0.4) is 0 Å². The Hall–Kier alpha value is -0.940. The van der Waals surface area contributed by atoms with Gasteiger partial charge in [-0.15, -0.1) is 0 Å². The smallest absolute Gasteiger partial charge is 0.183 e. The molecule has 1 saturated carbocycles. The molecule has 2 atom stereocenters. The van der Waals surface area contributed by atoms with Crippen molar-refractivity contribution in [2.24, 2.45) is 5.41 Å². The van der Waals surface area contributed by atoms with Crippen LogP contribution in [0.15, 0.2) is 29.2 Å². The second kappa shape index (κ2) is 4.87. The third kappa shape index (κ3) is 2.98. The molecule has 1 N–H and O–H groups in total. The Balaban J connectivity index is 2.38. The van der Waals surface area contributed by atoms with E-state index < -0.39 is 27.0 Å². The molecule has 0 spiro atoms. The average molecular weight is 286 g/mol. The Labute approximate surface area is 113 Å². The predicted molar refractivity (Wildman–Crippen MR) is 71.0 cm³/mol. The average Bonchev–Trinajstić information content (AvgIpc) is 2.32. The van der Waals surface area contributed by atoms with Gasteiger partial charge in [0.05, 0.1) is 16.2 Å². The molecule has 1 aromatic carbocycles. The van der Waals surface area contributed by atoms with Crippen LogP contribution in [-0.2, 0) is 9.84 Å². The van der Waals surface area contributed by atoms with Crippen molar-refractivity contribution < 1.29 is 17.9 Å². The highest BCUT2D eigenvalue weighted by Crippen LogP contribution is 2.39. The number of rotatable bonds is 2. The lowest BCUT2D eigenvalue weighted by Crippen LogP contribution is -2.42. The van der Waals surface area contributed by atoms with Gasteiger partial charge in [0.25, 0.3) is 0 Å². The van der Waals surface area contributed by atoms with Crippen LogP contribution in [0, 0.1) is 11.2 Å². The Bertz CT molecular complexity index is 566. The standard InChI is InChI=1S/C14H19FO3S/c1-14(2)7-6-12(16)13(9-14)19(17,18)11-5-3-4-10(15)8-11/h3-5,8,12-13,16H,6-7,9H2,1-2H3. The maximum atomic E-state index is 13.2. The summed E-state index contributed by atoms with van der Waals surface area (Å²) in [4.78, 5) is -0.0470.